The van der Waals surface area contributed by atoms with Gasteiger partial charge in [0.2, 0.25) is 0 Å². The fraction of sp³-hybridized carbons (Fsp3) is 0. The van der Waals surface area contributed by atoms with Crippen LogP contribution < -0.4 is 9.80 Å². The Morgan fingerprint density at radius 3 is 1.45 bits per heavy atom. The molecule has 0 N–H and O–H groups in total. The Hall–Kier alpha value is -7.96. The number of benzene rings is 10. The number of hydrogen-bond donors (Lipinski definition) is 0. The normalized spacial score (nSPS) is 11.7. The lowest BCUT2D eigenvalue weighted by atomic mass is 10.0. The fourth-order valence-corrected chi connectivity index (χ4v) is 12.0. The summed E-state index contributed by atoms with van der Waals surface area (Å²) >= 11 is 3.71. The van der Waals surface area contributed by atoms with Gasteiger partial charge in [-0.05, 0) is 120 Å². The van der Waals surface area contributed by atoms with E-state index in [9.17, 15) is 0 Å². The first-order chi connectivity index (χ1) is 32.2. The standard InChI is InChI=1S/C60H39N3S2/c1-4-16-42(17-5-1)61(45-30-33-59-54(38-45)52-24-12-15-27-58(52)64-59)47-34-41(40-28-31-53-51-23-11-14-26-57(51)65-60(53)36-40)35-48(37-47)62(43-18-6-2-7-19-43)46-29-32-50-49-22-10-13-25-55(49)63(56(50)39-46)44-20-8-3-9-21-44/h1-39H. The number of anilines is 6. The zero-order chi connectivity index (χ0) is 42.8. The molecule has 0 aliphatic carbocycles. The summed E-state index contributed by atoms with van der Waals surface area (Å²) in [6, 6.07) is 86.6. The summed E-state index contributed by atoms with van der Waals surface area (Å²) in [5, 5.41) is 7.60. The predicted molar refractivity (Wildman–Crippen MR) is 281 cm³/mol. The second-order valence-electron chi connectivity index (χ2n) is 16.6. The Morgan fingerprint density at radius 2 is 0.754 bits per heavy atom. The van der Waals surface area contributed by atoms with Crippen LogP contribution in [0.2, 0.25) is 0 Å². The van der Waals surface area contributed by atoms with Crippen LogP contribution in [0.3, 0.4) is 0 Å². The van der Waals surface area contributed by atoms with E-state index in [4.69, 9.17) is 0 Å². The maximum Gasteiger partial charge on any atom is 0.0561 e. The molecule has 13 aromatic rings. The van der Waals surface area contributed by atoms with Gasteiger partial charge in [-0.25, -0.2) is 0 Å². The molecule has 0 atom stereocenters. The third-order valence-electron chi connectivity index (χ3n) is 12.7. The highest BCUT2D eigenvalue weighted by Crippen LogP contribution is 2.47. The number of thiophene rings is 2. The molecule has 0 bridgehead atoms. The molecule has 0 aliphatic heterocycles. The van der Waals surface area contributed by atoms with Crippen molar-refractivity contribution in [3.8, 4) is 16.8 Å². The van der Waals surface area contributed by atoms with Crippen molar-refractivity contribution in [2.75, 3.05) is 9.80 Å². The second-order valence-corrected chi connectivity index (χ2v) is 18.7. The van der Waals surface area contributed by atoms with Crippen LogP contribution in [0, 0.1) is 0 Å². The summed E-state index contributed by atoms with van der Waals surface area (Å²) in [4.78, 5) is 4.85. The lowest BCUT2D eigenvalue weighted by Crippen LogP contribution is -2.13. The summed E-state index contributed by atoms with van der Waals surface area (Å²) in [7, 11) is 0. The van der Waals surface area contributed by atoms with Crippen molar-refractivity contribution in [3.05, 3.63) is 237 Å². The van der Waals surface area contributed by atoms with Crippen molar-refractivity contribution in [3.63, 3.8) is 0 Å². The molecule has 0 saturated heterocycles. The maximum atomic E-state index is 2.43. The topological polar surface area (TPSA) is 11.4 Å². The zero-order valence-corrected chi connectivity index (χ0v) is 36.8. The lowest BCUT2D eigenvalue weighted by Gasteiger charge is -2.30. The number of fused-ring (bicyclic) bond motifs is 9. The first-order valence-corrected chi connectivity index (χ1v) is 23.6. The fourth-order valence-electron chi connectivity index (χ4n) is 9.78. The molecule has 306 valence electrons. The number of hydrogen-bond acceptors (Lipinski definition) is 4. The van der Waals surface area contributed by atoms with E-state index in [0.717, 1.165) is 50.9 Å². The molecule has 5 heteroatoms. The van der Waals surface area contributed by atoms with Crippen LogP contribution in [-0.2, 0) is 0 Å². The number of aromatic nitrogens is 1. The molecule has 13 rings (SSSR count). The van der Waals surface area contributed by atoms with Crippen LogP contribution in [0.25, 0.3) is 79.0 Å². The van der Waals surface area contributed by atoms with Crippen LogP contribution >= 0.6 is 22.7 Å². The van der Waals surface area contributed by atoms with Crippen molar-refractivity contribution >= 4 is 119 Å². The third-order valence-corrected chi connectivity index (χ3v) is 15.0. The van der Waals surface area contributed by atoms with Gasteiger partial charge in [-0.2, -0.15) is 0 Å². The van der Waals surface area contributed by atoms with Crippen molar-refractivity contribution in [1.82, 2.24) is 4.57 Å². The molecule has 3 heterocycles. The van der Waals surface area contributed by atoms with E-state index in [1.165, 1.54) is 62.2 Å². The lowest BCUT2D eigenvalue weighted by molar-refractivity contribution is 1.18. The van der Waals surface area contributed by atoms with Gasteiger partial charge >= 0.3 is 0 Å². The van der Waals surface area contributed by atoms with E-state index in [1.807, 2.05) is 22.7 Å². The zero-order valence-electron chi connectivity index (χ0n) is 35.2. The molecule has 0 radical (unpaired) electrons. The second kappa shape index (κ2) is 15.4. The van der Waals surface area contributed by atoms with Gasteiger partial charge in [-0.1, -0.05) is 127 Å². The molecule has 0 unspecified atom stereocenters. The molecule has 65 heavy (non-hydrogen) atoms. The van der Waals surface area contributed by atoms with E-state index < -0.39 is 0 Å². The van der Waals surface area contributed by atoms with Gasteiger partial charge in [0.25, 0.3) is 0 Å². The predicted octanol–water partition coefficient (Wildman–Crippen LogP) is 18.1. The first kappa shape index (κ1) is 37.6. The van der Waals surface area contributed by atoms with Crippen molar-refractivity contribution in [2.24, 2.45) is 0 Å². The van der Waals surface area contributed by atoms with Gasteiger partial charge in [0, 0.05) is 90.9 Å². The van der Waals surface area contributed by atoms with Crippen LogP contribution in [0.15, 0.2) is 237 Å². The minimum atomic E-state index is 1.06. The van der Waals surface area contributed by atoms with E-state index in [1.54, 1.807) is 0 Å². The molecular formula is C60H39N3S2. The maximum absolute atomic E-state index is 2.43. The van der Waals surface area contributed by atoms with E-state index in [0.29, 0.717) is 0 Å². The van der Waals surface area contributed by atoms with E-state index >= 15 is 0 Å². The summed E-state index contributed by atoms with van der Waals surface area (Å²) in [6.45, 7) is 0. The van der Waals surface area contributed by atoms with Crippen LogP contribution in [0.1, 0.15) is 0 Å². The highest BCUT2D eigenvalue weighted by molar-refractivity contribution is 7.26. The molecule has 0 spiro atoms. The van der Waals surface area contributed by atoms with E-state index in [-0.39, 0.29) is 0 Å². The molecule has 0 amide bonds. The Morgan fingerprint density at radius 1 is 0.262 bits per heavy atom. The summed E-state index contributed by atoms with van der Waals surface area (Å²) in [6.07, 6.45) is 0. The largest absolute Gasteiger partial charge is 0.310 e. The quantitative estimate of drug-likeness (QED) is 0.151. The first-order valence-electron chi connectivity index (χ1n) is 22.0. The molecule has 0 saturated carbocycles. The Bertz CT molecular complexity index is 3900. The number of para-hydroxylation sites is 4. The average molecular weight is 866 g/mol. The molecule has 10 aromatic carbocycles. The van der Waals surface area contributed by atoms with E-state index in [2.05, 4.69) is 251 Å². The Labute approximate surface area is 384 Å². The summed E-state index contributed by atoms with van der Waals surface area (Å²) in [5.41, 5.74) is 12.3. The Kier molecular flexibility index (Phi) is 8.90. The SMILES string of the molecule is c1ccc(N(c2cc(-c3ccc4c(c3)sc3ccccc34)cc(N(c3ccccc3)c3ccc4c5ccccc5n(-c5ccccc5)c4c3)c2)c2ccc3sc4ccccc4c3c2)cc1. The average Bonchev–Trinajstić information content (AvgIpc) is 4.04. The van der Waals surface area contributed by atoms with Crippen LogP contribution in [-0.4, -0.2) is 4.57 Å². The monoisotopic (exact) mass is 865 g/mol. The van der Waals surface area contributed by atoms with Gasteiger partial charge in [0.15, 0.2) is 0 Å². The van der Waals surface area contributed by atoms with Crippen molar-refractivity contribution in [1.29, 1.82) is 0 Å². The smallest absolute Gasteiger partial charge is 0.0561 e. The van der Waals surface area contributed by atoms with Gasteiger partial charge in [0.1, 0.15) is 0 Å². The summed E-state index contributed by atoms with van der Waals surface area (Å²) in [5.74, 6) is 0. The number of rotatable bonds is 8. The Balaban J connectivity index is 1.08. The molecule has 0 fully saturated rings. The summed E-state index contributed by atoms with van der Waals surface area (Å²) < 4.78 is 7.57. The van der Waals surface area contributed by atoms with Gasteiger partial charge < -0.3 is 14.4 Å². The minimum absolute atomic E-state index is 1.06. The van der Waals surface area contributed by atoms with Gasteiger partial charge in [-0.3, -0.25) is 0 Å². The highest BCUT2D eigenvalue weighted by Gasteiger charge is 2.22. The molecular weight excluding hydrogens is 827 g/mol. The minimum Gasteiger partial charge on any atom is -0.310 e. The van der Waals surface area contributed by atoms with Crippen molar-refractivity contribution in [2.45, 2.75) is 0 Å². The van der Waals surface area contributed by atoms with Gasteiger partial charge in [-0.15, -0.1) is 22.7 Å². The highest BCUT2D eigenvalue weighted by atomic mass is 32.1. The van der Waals surface area contributed by atoms with Crippen molar-refractivity contribution < 1.29 is 0 Å². The molecule has 3 aromatic heterocycles. The molecule has 0 aliphatic rings. The van der Waals surface area contributed by atoms with Crippen LogP contribution in [0.5, 0.6) is 0 Å². The third kappa shape index (κ3) is 6.39. The number of nitrogens with zero attached hydrogens (tertiary/aromatic N) is 3. The molecule has 3 nitrogen and oxygen atoms in total. The van der Waals surface area contributed by atoms with Crippen LogP contribution in [0.4, 0.5) is 34.1 Å². The van der Waals surface area contributed by atoms with Gasteiger partial charge in [0.05, 0.1) is 11.0 Å².